The molecule has 1 unspecified atom stereocenters. The van der Waals surface area contributed by atoms with Gasteiger partial charge in [0.15, 0.2) is 5.69 Å². The second-order valence-corrected chi connectivity index (χ2v) is 5.11. The zero-order chi connectivity index (χ0) is 16.1. The van der Waals surface area contributed by atoms with Gasteiger partial charge in [0, 0.05) is 18.9 Å². The largest absolute Gasteiger partial charge is 0.488 e. The van der Waals surface area contributed by atoms with Gasteiger partial charge in [-0.2, -0.15) is 0 Å². The molecule has 0 saturated carbocycles. The molecular weight excluding hydrogens is 282 g/mol. The zero-order valence-electron chi connectivity index (χ0n) is 12.9. The number of carboxylic acids is 1. The minimum atomic E-state index is -1.02. The Kier molecular flexibility index (Phi) is 5.12. The second-order valence-electron chi connectivity index (χ2n) is 5.11. The van der Waals surface area contributed by atoms with Crippen LogP contribution in [0.3, 0.4) is 0 Å². The minimum absolute atomic E-state index is 0.0468. The highest BCUT2D eigenvalue weighted by Gasteiger charge is 2.11. The Hall–Kier alpha value is -2.40. The monoisotopic (exact) mass is 301 g/mol. The van der Waals surface area contributed by atoms with Crippen molar-refractivity contribution in [3.8, 4) is 16.9 Å². The number of carbonyl (C=O) groups is 1. The van der Waals surface area contributed by atoms with Crippen molar-refractivity contribution in [1.82, 2.24) is 4.98 Å². The average molecular weight is 301 g/mol. The van der Waals surface area contributed by atoms with Gasteiger partial charge in [0.2, 0.25) is 0 Å². The molecule has 0 aliphatic rings. The number of hydrogen-bond donors (Lipinski definition) is 1. The highest BCUT2D eigenvalue weighted by molar-refractivity contribution is 5.87. The van der Waals surface area contributed by atoms with Gasteiger partial charge in [-0.15, -0.1) is 0 Å². The Bertz CT molecular complexity index is 669. The predicted molar refractivity (Wildman–Crippen MR) is 83.3 cm³/mol. The van der Waals surface area contributed by atoms with Crippen molar-refractivity contribution in [3.05, 3.63) is 47.8 Å². The van der Waals surface area contributed by atoms with E-state index in [1.54, 1.807) is 20.2 Å². The molecule has 1 aromatic carbocycles. The Morgan fingerprint density at radius 1 is 1.32 bits per heavy atom. The Balaban J connectivity index is 2.26. The molecule has 0 fully saturated rings. The number of methoxy groups -OCH3 is 1. The Labute approximate surface area is 129 Å². The number of aryl methyl sites for hydroxylation is 1. The van der Waals surface area contributed by atoms with Crippen LogP contribution in [0.1, 0.15) is 23.0 Å². The number of hydrogen-bond acceptors (Lipinski definition) is 4. The lowest BCUT2D eigenvalue weighted by molar-refractivity contribution is 0.0689. The van der Waals surface area contributed by atoms with Crippen LogP contribution in [-0.2, 0) is 4.74 Å². The molecule has 1 aromatic heterocycles. The van der Waals surface area contributed by atoms with E-state index in [9.17, 15) is 4.79 Å². The summed E-state index contributed by atoms with van der Waals surface area (Å²) in [5.74, 6) is -0.281. The maximum absolute atomic E-state index is 11.0. The van der Waals surface area contributed by atoms with E-state index in [0.29, 0.717) is 12.2 Å². The lowest BCUT2D eigenvalue weighted by Crippen LogP contribution is -2.17. The quantitative estimate of drug-likeness (QED) is 0.887. The number of ether oxygens (including phenoxy) is 2. The van der Waals surface area contributed by atoms with Gasteiger partial charge in [-0.05, 0) is 43.2 Å². The van der Waals surface area contributed by atoms with Crippen LogP contribution >= 0.6 is 0 Å². The summed E-state index contributed by atoms with van der Waals surface area (Å²) in [7, 11) is 1.63. The van der Waals surface area contributed by atoms with Crippen molar-refractivity contribution in [2.75, 3.05) is 13.7 Å². The molecule has 1 N–H and O–H groups in total. The lowest BCUT2D eigenvalue weighted by atomic mass is 10.0. The van der Waals surface area contributed by atoms with Gasteiger partial charge in [-0.25, -0.2) is 9.78 Å². The summed E-state index contributed by atoms with van der Waals surface area (Å²) in [6, 6.07) is 9.42. The lowest BCUT2D eigenvalue weighted by Gasteiger charge is -2.14. The van der Waals surface area contributed by atoms with Gasteiger partial charge >= 0.3 is 5.97 Å². The third kappa shape index (κ3) is 3.83. The van der Waals surface area contributed by atoms with Crippen LogP contribution in [0.4, 0.5) is 0 Å². The molecule has 2 aromatic rings. The maximum atomic E-state index is 11.0. The second kappa shape index (κ2) is 7.04. The van der Waals surface area contributed by atoms with E-state index in [1.807, 2.05) is 37.3 Å². The van der Waals surface area contributed by atoms with E-state index < -0.39 is 5.97 Å². The molecule has 116 valence electrons. The van der Waals surface area contributed by atoms with Crippen LogP contribution in [0.15, 0.2) is 36.5 Å². The first-order valence-corrected chi connectivity index (χ1v) is 6.97. The number of aromatic carboxylic acids is 1. The molecule has 0 aliphatic carbocycles. The number of benzene rings is 1. The number of rotatable bonds is 6. The number of nitrogens with zero attached hydrogens (tertiary/aromatic N) is 1. The van der Waals surface area contributed by atoms with Gasteiger partial charge < -0.3 is 14.6 Å². The number of carboxylic acid groups (broad SMARTS) is 1. The fraction of sp³-hybridized carbons (Fsp3) is 0.294. The SMILES string of the molecule is COCC(C)Oc1cccc(-c2cnc(C(=O)O)c(C)c2)c1. The van der Waals surface area contributed by atoms with Crippen molar-refractivity contribution in [2.24, 2.45) is 0 Å². The van der Waals surface area contributed by atoms with Gasteiger partial charge in [-0.3, -0.25) is 0 Å². The van der Waals surface area contributed by atoms with Gasteiger partial charge in [0.25, 0.3) is 0 Å². The standard InChI is InChI=1S/C17H19NO4/c1-11-7-14(9-18-16(11)17(19)20)13-5-4-6-15(8-13)22-12(2)10-21-3/h4-9,12H,10H2,1-3H3,(H,19,20). The maximum Gasteiger partial charge on any atom is 0.354 e. The summed E-state index contributed by atoms with van der Waals surface area (Å²) in [6.45, 7) is 4.18. The third-order valence-corrected chi connectivity index (χ3v) is 3.19. The van der Waals surface area contributed by atoms with Crippen molar-refractivity contribution in [1.29, 1.82) is 0 Å². The van der Waals surface area contributed by atoms with Crippen LogP contribution in [0.2, 0.25) is 0 Å². The summed E-state index contributed by atoms with van der Waals surface area (Å²) in [5, 5.41) is 9.03. The molecule has 22 heavy (non-hydrogen) atoms. The molecule has 0 spiro atoms. The van der Waals surface area contributed by atoms with E-state index in [2.05, 4.69) is 4.98 Å². The number of aromatic nitrogens is 1. The fourth-order valence-corrected chi connectivity index (χ4v) is 2.21. The van der Waals surface area contributed by atoms with E-state index >= 15 is 0 Å². The van der Waals surface area contributed by atoms with Gasteiger partial charge in [0.05, 0.1) is 6.61 Å². The van der Waals surface area contributed by atoms with Crippen LogP contribution in [-0.4, -0.2) is 35.9 Å². The van der Waals surface area contributed by atoms with Crippen LogP contribution in [0.25, 0.3) is 11.1 Å². The first-order chi connectivity index (χ1) is 10.5. The normalized spacial score (nSPS) is 12.0. The molecule has 5 nitrogen and oxygen atoms in total. The molecule has 0 bridgehead atoms. The topological polar surface area (TPSA) is 68.7 Å². The highest BCUT2D eigenvalue weighted by Crippen LogP contribution is 2.25. The summed E-state index contributed by atoms with van der Waals surface area (Å²) >= 11 is 0. The molecule has 2 rings (SSSR count). The predicted octanol–water partition coefficient (Wildman–Crippen LogP) is 3.17. The van der Waals surface area contributed by atoms with Crippen molar-refractivity contribution < 1.29 is 19.4 Å². The smallest absolute Gasteiger partial charge is 0.354 e. The van der Waals surface area contributed by atoms with E-state index in [1.165, 1.54) is 0 Å². The molecule has 1 heterocycles. The molecule has 0 aliphatic heterocycles. The van der Waals surface area contributed by atoms with E-state index in [0.717, 1.165) is 16.9 Å². The van der Waals surface area contributed by atoms with E-state index in [4.69, 9.17) is 14.6 Å². The molecule has 0 amide bonds. The third-order valence-electron chi connectivity index (χ3n) is 3.19. The minimum Gasteiger partial charge on any atom is -0.488 e. The summed E-state index contributed by atoms with van der Waals surface area (Å²) in [4.78, 5) is 15.0. The zero-order valence-corrected chi connectivity index (χ0v) is 12.9. The van der Waals surface area contributed by atoms with Gasteiger partial charge in [-0.1, -0.05) is 12.1 Å². The summed E-state index contributed by atoms with van der Waals surface area (Å²) < 4.78 is 10.8. The molecular formula is C17H19NO4. The van der Waals surface area contributed by atoms with E-state index in [-0.39, 0.29) is 11.8 Å². The number of pyridine rings is 1. The molecule has 1 atom stereocenters. The first kappa shape index (κ1) is 16.0. The molecule has 0 saturated heterocycles. The Morgan fingerprint density at radius 3 is 2.73 bits per heavy atom. The first-order valence-electron chi connectivity index (χ1n) is 6.97. The fourth-order valence-electron chi connectivity index (χ4n) is 2.21. The highest BCUT2D eigenvalue weighted by atomic mass is 16.5. The van der Waals surface area contributed by atoms with Crippen LogP contribution < -0.4 is 4.74 Å². The Morgan fingerprint density at radius 2 is 2.09 bits per heavy atom. The molecule has 0 radical (unpaired) electrons. The summed E-state index contributed by atoms with van der Waals surface area (Å²) in [6.07, 6.45) is 1.52. The van der Waals surface area contributed by atoms with Crippen molar-refractivity contribution >= 4 is 5.97 Å². The van der Waals surface area contributed by atoms with Crippen molar-refractivity contribution in [3.63, 3.8) is 0 Å². The van der Waals surface area contributed by atoms with Crippen molar-refractivity contribution in [2.45, 2.75) is 20.0 Å². The molecule has 5 heteroatoms. The summed E-state index contributed by atoms with van der Waals surface area (Å²) in [5.41, 5.74) is 2.48. The van der Waals surface area contributed by atoms with Crippen LogP contribution in [0.5, 0.6) is 5.75 Å². The van der Waals surface area contributed by atoms with Gasteiger partial charge in [0.1, 0.15) is 11.9 Å². The van der Waals surface area contributed by atoms with Crippen LogP contribution in [0, 0.1) is 6.92 Å². The average Bonchev–Trinajstić information content (AvgIpc) is 2.47.